The molecule has 0 aliphatic carbocycles. The summed E-state index contributed by atoms with van der Waals surface area (Å²) >= 11 is 0. The molecule has 3 nitrogen and oxygen atoms in total. The van der Waals surface area contributed by atoms with Crippen LogP contribution in [0.4, 0.5) is 5.69 Å². The molecule has 20 heavy (non-hydrogen) atoms. The number of aromatic nitrogens is 1. The second-order valence-electron chi connectivity index (χ2n) is 4.61. The van der Waals surface area contributed by atoms with Crippen LogP contribution in [0, 0.1) is 0 Å². The molecule has 98 valence electrons. The average Bonchev–Trinajstić information content (AvgIpc) is 2.88. The van der Waals surface area contributed by atoms with Crippen molar-refractivity contribution in [1.82, 2.24) is 4.98 Å². The Bertz CT molecular complexity index is 799. The Morgan fingerprint density at radius 3 is 2.80 bits per heavy atom. The highest BCUT2D eigenvalue weighted by molar-refractivity contribution is 6.08. The number of nitrogens with two attached hydrogens (primary N) is 1. The van der Waals surface area contributed by atoms with Gasteiger partial charge in [0, 0.05) is 28.4 Å². The van der Waals surface area contributed by atoms with E-state index >= 15 is 0 Å². The molecule has 3 aromatic rings. The molecule has 0 saturated carbocycles. The zero-order valence-corrected chi connectivity index (χ0v) is 10.8. The molecule has 3 N–H and O–H groups in total. The van der Waals surface area contributed by atoms with Crippen LogP contribution in [0.25, 0.3) is 17.0 Å². The number of nitrogen functional groups attached to an aromatic ring is 1. The van der Waals surface area contributed by atoms with Gasteiger partial charge in [-0.15, -0.1) is 0 Å². The van der Waals surface area contributed by atoms with E-state index in [4.69, 9.17) is 5.73 Å². The van der Waals surface area contributed by atoms with Crippen LogP contribution in [0.2, 0.25) is 0 Å². The predicted octanol–water partition coefficient (Wildman–Crippen LogP) is 3.65. The highest BCUT2D eigenvalue weighted by Gasteiger charge is 2.03. The second-order valence-corrected chi connectivity index (χ2v) is 4.61. The highest BCUT2D eigenvalue weighted by Crippen LogP contribution is 2.19. The van der Waals surface area contributed by atoms with Crippen LogP contribution in [0.1, 0.15) is 15.9 Å². The lowest BCUT2D eigenvalue weighted by molar-refractivity contribution is 0.104. The minimum atomic E-state index is -0.0532. The van der Waals surface area contributed by atoms with E-state index in [2.05, 4.69) is 4.98 Å². The number of fused-ring (bicyclic) bond motifs is 1. The SMILES string of the molecule is Nc1cccc(C(=O)C=Cc2c[nH]c3ccccc23)c1. The van der Waals surface area contributed by atoms with Crippen molar-refractivity contribution in [3.8, 4) is 0 Å². The Balaban J connectivity index is 1.89. The molecule has 0 unspecified atom stereocenters. The molecule has 3 rings (SSSR count). The van der Waals surface area contributed by atoms with Gasteiger partial charge in [0.15, 0.2) is 5.78 Å². The summed E-state index contributed by atoms with van der Waals surface area (Å²) < 4.78 is 0. The summed E-state index contributed by atoms with van der Waals surface area (Å²) in [6.45, 7) is 0. The van der Waals surface area contributed by atoms with Crippen molar-refractivity contribution in [2.45, 2.75) is 0 Å². The highest BCUT2D eigenvalue weighted by atomic mass is 16.1. The Hall–Kier alpha value is -2.81. The number of anilines is 1. The number of hydrogen-bond donors (Lipinski definition) is 2. The Morgan fingerprint density at radius 2 is 1.95 bits per heavy atom. The van der Waals surface area contributed by atoms with Gasteiger partial charge in [0.2, 0.25) is 0 Å². The average molecular weight is 262 g/mol. The standard InChI is InChI=1S/C17H14N2O/c18-14-5-3-4-12(10-14)17(20)9-8-13-11-19-16-7-2-1-6-15(13)16/h1-11,19H,18H2. The maximum atomic E-state index is 12.1. The first kappa shape index (κ1) is 12.2. The van der Waals surface area contributed by atoms with E-state index in [1.54, 1.807) is 30.3 Å². The number of hydrogen-bond acceptors (Lipinski definition) is 2. The first-order valence-corrected chi connectivity index (χ1v) is 6.38. The Kier molecular flexibility index (Phi) is 3.09. The van der Waals surface area contributed by atoms with Gasteiger partial charge in [0.05, 0.1) is 0 Å². The third kappa shape index (κ3) is 2.34. The zero-order valence-electron chi connectivity index (χ0n) is 10.8. The van der Waals surface area contributed by atoms with Crippen molar-refractivity contribution < 1.29 is 4.79 Å². The summed E-state index contributed by atoms with van der Waals surface area (Å²) in [7, 11) is 0. The zero-order chi connectivity index (χ0) is 13.9. The summed E-state index contributed by atoms with van der Waals surface area (Å²) in [5, 5.41) is 1.10. The quantitative estimate of drug-likeness (QED) is 0.430. The van der Waals surface area contributed by atoms with E-state index in [0.717, 1.165) is 16.5 Å². The summed E-state index contributed by atoms with van der Waals surface area (Å²) in [6, 6.07) is 15.0. The number of nitrogens with one attached hydrogen (secondary N) is 1. The minimum Gasteiger partial charge on any atom is -0.399 e. The van der Waals surface area contributed by atoms with Gasteiger partial charge in [-0.05, 0) is 35.9 Å². The van der Waals surface area contributed by atoms with Gasteiger partial charge in [-0.2, -0.15) is 0 Å². The number of allylic oxidation sites excluding steroid dienone is 1. The van der Waals surface area contributed by atoms with Crippen molar-refractivity contribution in [3.05, 3.63) is 71.9 Å². The van der Waals surface area contributed by atoms with E-state index in [-0.39, 0.29) is 5.78 Å². The van der Waals surface area contributed by atoms with Gasteiger partial charge >= 0.3 is 0 Å². The largest absolute Gasteiger partial charge is 0.399 e. The summed E-state index contributed by atoms with van der Waals surface area (Å²) in [5.41, 5.74) is 8.93. The first-order valence-electron chi connectivity index (χ1n) is 6.38. The molecule has 0 radical (unpaired) electrons. The van der Waals surface area contributed by atoms with Crippen LogP contribution in [0.15, 0.2) is 60.8 Å². The summed E-state index contributed by atoms with van der Waals surface area (Å²) in [5.74, 6) is -0.0532. The van der Waals surface area contributed by atoms with Gasteiger partial charge in [-0.3, -0.25) is 4.79 Å². The van der Waals surface area contributed by atoms with E-state index in [1.165, 1.54) is 0 Å². The van der Waals surface area contributed by atoms with Gasteiger partial charge in [-0.1, -0.05) is 30.3 Å². The normalized spacial score (nSPS) is 11.2. The van der Waals surface area contributed by atoms with Gasteiger partial charge in [-0.25, -0.2) is 0 Å². The molecule has 0 saturated heterocycles. The second kappa shape index (κ2) is 5.05. The Labute approximate surface area is 116 Å². The lowest BCUT2D eigenvalue weighted by Crippen LogP contribution is -1.95. The van der Waals surface area contributed by atoms with Crippen molar-refractivity contribution in [1.29, 1.82) is 0 Å². The number of carbonyl (C=O) groups is 1. The Morgan fingerprint density at radius 1 is 1.10 bits per heavy atom. The topological polar surface area (TPSA) is 58.9 Å². The van der Waals surface area contributed by atoms with E-state index in [1.807, 2.05) is 36.5 Å². The maximum Gasteiger partial charge on any atom is 0.185 e. The number of benzene rings is 2. The number of aromatic amines is 1. The third-order valence-corrected chi connectivity index (χ3v) is 3.21. The van der Waals surface area contributed by atoms with Crippen LogP contribution >= 0.6 is 0 Å². The lowest BCUT2D eigenvalue weighted by atomic mass is 10.1. The van der Waals surface area contributed by atoms with Crippen LogP contribution < -0.4 is 5.73 Å². The first-order chi connectivity index (χ1) is 9.74. The molecule has 3 heteroatoms. The number of ketones is 1. The van der Waals surface area contributed by atoms with Crippen molar-refractivity contribution in [3.63, 3.8) is 0 Å². The molecular weight excluding hydrogens is 248 g/mol. The molecular formula is C17H14N2O. The molecule has 0 bridgehead atoms. The van der Waals surface area contributed by atoms with Gasteiger partial charge in [0.1, 0.15) is 0 Å². The smallest absolute Gasteiger partial charge is 0.185 e. The number of rotatable bonds is 3. The monoisotopic (exact) mass is 262 g/mol. The molecule has 0 spiro atoms. The van der Waals surface area contributed by atoms with E-state index in [0.29, 0.717) is 11.3 Å². The van der Waals surface area contributed by atoms with Crippen LogP contribution in [-0.2, 0) is 0 Å². The molecule has 1 heterocycles. The fourth-order valence-corrected chi connectivity index (χ4v) is 2.19. The predicted molar refractivity (Wildman–Crippen MR) is 82.5 cm³/mol. The molecule has 2 aromatic carbocycles. The van der Waals surface area contributed by atoms with Crippen LogP contribution in [0.3, 0.4) is 0 Å². The lowest BCUT2D eigenvalue weighted by Gasteiger charge is -1.97. The van der Waals surface area contributed by atoms with Crippen molar-refractivity contribution in [2.24, 2.45) is 0 Å². The third-order valence-electron chi connectivity index (χ3n) is 3.21. The summed E-state index contributed by atoms with van der Waals surface area (Å²) in [6.07, 6.45) is 5.29. The number of para-hydroxylation sites is 1. The van der Waals surface area contributed by atoms with Crippen molar-refractivity contribution >= 4 is 28.4 Å². The number of H-pyrrole nitrogens is 1. The van der Waals surface area contributed by atoms with Crippen LogP contribution in [-0.4, -0.2) is 10.8 Å². The van der Waals surface area contributed by atoms with E-state index in [9.17, 15) is 4.79 Å². The molecule has 0 aliphatic heterocycles. The summed E-state index contributed by atoms with van der Waals surface area (Å²) in [4.78, 5) is 15.3. The van der Waals surface area contributed by atoms with Crippen molar-refractivity contribution in [2.75, 3.05) is 5.73 Å². The fraction of sp³-hybridized carbons (Fsp3) is 0. The fourth-order valence-electron chi connectivity index (χ4n) is 2.19. The molecule has 0 aliphatic rings. The minimum absolute atomic E-state index is 0.0532. The molecule has 1 aromatic heterocycles. The van der Waals surface area contributed by atoms with E-state index < -0.39 is 0 Å². The molecule has 0 fully saturated rings. The molecule has 0 amide bonds. The number of carbonyl (C=O) groups excluding carboxylic acids is 1. The maximum absolute atomic E-state index is 12.1. The molecule has 0 atom stereocenters. The van der Waals surface area contributed by atoms with Gasteiger partial charge in [0.25, 0.3) is 0 Å². The van der Waals surface area contributed by atoms with Gasteiger partial charge < -0.3 is 10.7 Å². The van der Waals surface area contributed by atoms with Crippen LogP contribution in [0.5, 0.6) is 0 Å².